The molecule has 2 aromatic rings. The summed E-state index contributed by atoms with van der Waals surface area (Å²) in [4.78, 5) is 0. The van der Waals surface area contributed by atoms with Crippen LogP contribution in [0, 0.1) is 5.82 Å². The highest BCUT2D eigenvalue weighted by molar-refractivity contribution is 9.11. The van der Waals surface area contributed by atoms with Crippen LogP contribution >= 0.6 is 15.9 Å². The third kappa shape index (κ3) is 2.23. The number of benzene rings is 1. The predicted molar refractivity (Wildman–Crippen MR) is 85.4 cm³/mol. The Hall–Kier alpha value is -1.47. The van der Waals surface area contributed by atoms with Crippen LogP contribution in [0.15, 0.2) is 52.9 Å². The van der Waals surface area contributed by atoms with E-state index in [1.807, 2.05) is 0 Å². The Kier molecular flexibility index (Phi) is 3.52. The van der Waals surface area contributed by atoms with Crippen molar-refractivity contribution in [2.24, 2.45) is 0 Å². The molecular formula is C15H12BrF2NO2S. The molecule has 0 bridgehead atoms. The van der Waals surface area contributed by atoms with Crippen LogP contribution < -0.4 is 0 Å². The lowest BCUT2D eigenvalue weighted by Crippen LogP contribution is -2.39. The molecule has 7 heteroatoms. The first-order valence-corrected chi connectivity index (χ1v) is 8.73. The molecule has 1 aromatic carbocycles. The van der Waals surface area contributed by atoms with Crippen LogP contribution in [-0.4, -0.2) is 17.1 Å². The topological polar surface area (TPSA) is 39.1 Å². The van der Waals surface area contributed by atoms with Gasteiger partial charge in [0.1, 0.15) is 16.4 Å². The van der Waals surface area contributed by atoms with Gasteiger partial charge in [0.25, 0.3) is 0 Å². The molecule has 1 heterocycles. The van der Waals surface area contributed by atoms with E-state index in [4.69, 9.17) is 0 Å². The molecule has 0 radical (unpaired) electrons. The summed E-state index contributed by atoms with van der Waals surface area (Å²) in [7, 11) is -4.04. The number of halogens is 3. The molecule has 3 rings (SSSR count). The smallest absolute Gasteiger partial charge is 0.241 e. The van der Waals surface area contributed by atoms with Crippen molar-refractivity contribution in [3.05, 3.63) is 58.7 Å². The van der Waals surface area contributed by atoms with Gasteiger partial charge in [0.2, 0.25) is 10.0 Å². The maximum absolute atomic E-state index is 14.1. The molecule has 116 valence electrons. The van der Waals surface area contributed by atoms with Crippen molar-refractivity contribution in [2.75, 3.05) is 0 Å². The standard InChI is InChI=1S/C15H12BrF2NO2S/c1-15(8-11(16)7-12(17)9-15)22(20,21)19-6-5-10-3-2-4-13(18)14(10)19/h2-7,9H,8H2,1H3. The van der Waals surface area contributed by atoms with Crippen LogP contribution in [0.4, 0.5) is 8.78 Å². The molecule has 1 aliphatic rings. The lowest BCUT2D eigenvalue weighted by atomic mass is 10.0. The largest absolute Gasteiger partial charge is 0.248 e. The highest BCUT2D eigenvalue weighted by Gasteiger charge is 2.42. The predicted octanol–water partition coefficient (Wildman–Crippen LogP) is 4.25. The summed E-state index contributed by atoms with van der Waals surface area (Å²) in [5.74, 6) is -1.27. The first kappa shape index (κ1) is 15.4. The van der Waals surface area contributed by atoms with Gasteiger partial charge < -0.3 is 0 Å². The molecule has 0 spiro atoms. The Bertz CT molecular complexity index is 930. The van der Waals surface area contributed by atoms with Crippen molar-refractivity contribution in [1.29, 1.82) is 0 Å². The van der Waals surface area contributed by atoms with E-state index in [1.165, 1.54) is 37.4 Å². The lowest BCUT2D eigenvalue weighted by molar-refractivity contribution is 0.543. The van der Waals surface area contributed by atoms with Gasteiger partial charge in [-0.25, -0.2) is 21.2 Å². The summed E-state index contributed by atoms with van der Waals surface area (Å²) in [5, 5.41) is 0.474. The number of aromatic nitrogens is 1. The highest BCUT2D eigenvalue weighted by Crippen LogP contribution is 2.38. The molecule has 0 amide bonds. The molecule has 0 N–H and O–H groups in total. The number of rotatable bonds is 2. The van der Waals surface area contributed by atoms with Crippen LogP contribution in [0.5, 0.6) is 0 Å². The second-order valence-electron chi connectivity index (χ2n) is 5.40. The van der Waals surface area contributed by atoms with Crippen molar-refractivity contribution in [3.8, 4) is 0 Å². The molecule has 0 saturated heterocycles. The molecule has 1 atom stereocenters. The lowest BCUT2D eigenvalue weighted by Gasteiger charge is -2.29. The first-order valence-electron chi connectivity index (χ1n) is 6.50. The fourth-order valence-corrected chi connectivity index (χ4v) is 5.32. The molecule has 1 unspecified atom stereocenters. The fraction of sp³-hybridized carbons (Fsp3) is 0.200. The van der Waals surface area contributed by atoms with Crippen LogP contribution in [0.1, 0.15) is 13.3 Å². The average Bonchev–Trinajstić information content (AvgIpc) is 2.82. The second-order valence-corrected chi connectivity index (χ2v) is 8.70. The summed E-state index contributed by atoms with van der Waals surface area (Å²) >= 11 is 3.16. The molecule has 0 aliphatic heterocycles. The van der Waals surface area contributed by atoms with Gasteiger partial charge in [0, 0.05) is 18.0 Å². The van der Waals surface area contributed by atoms with Gasteiger partial charge in [-0.1, -0.05) is 28.1 Å². The Labute approximate surface area is 135 Å². The third-order valence-electron chi connectivity index (χ3n) is 3.73. The van der Waals surface area contributed by atoms with Crippen LogP contribution in [0.2, 0.25) is 0 Å². The van der Waals surface area contributed by atoms with Crippen molar-refractivity contribution in [2.45, 2.75) is 18.1 Å². The zero-order valence-electron chi connectivity index (χ0n) is 11.6. The van der Waals surface area contributed by atoms with Gasteiger partial charge in [-0.2, -0.15) is 0 Å². The zero-order valence-corrected chi connectivity index (χ0v) is 14.0. The van der Waals surface area contributed by atoms with E-state index in [2.05, 4.69) is 15.9 Å². The van der Waals surface area contributed by atoms with Gasteiger partial charge in [0.05, 0.1) is 5.52 Å². The summed E-state index contributed by atoms with van der Waals surface area (Å²) in [5.41, 5.74) is -0.0248. The van der Waals surface area contributed by atoms with Crippen molar-refractivity contribution in [3.63, 3.8) is 0 Å². The minimum Gasteiger partial charge on any atom is -0.241 e. The minimum atomic E-state index is -4.04. The van der Waals surface area contributed by atoms with Gasteiger partial charge in [-0.3, -0.25) is 0 Å². The number of nitrogens with zero attached hydrogens (tertiary/aromatic N) is 1. The fourth-order valence-electron chi connectivity index (χ4n) is 2.63. The van der Waals surface area contributed by atoms with Gasteiger partial charge in [-0.15, -0.1) is 0 Å². The average molecular weight is 388 g/mol. The van der Waals surface area contributed by atoms with Crippen molar-refractivity contribution < 1.29 is 17.2 Å². The van der Waals surface area contributed by atoms with E-state index < -0.39 is 26.4 Å². The quantitative estimate of drug-likeness (QED) is 0.772. The maximum atomic E-state index is 14.1. The highest BCUT2D eigenvalue weighted by atomic mass is 79.9. The molecular weight excluding hydrogens is 376 g/mol. The van der Waals surface area contributed by atoms with Crippen LogP contribution in [0.3, 0.4) is 0 Å². The van der Waals surface area contributed by atoms with E-state index in [0.29, 0.717) is 9.87 Å². The zero-order chi connectivity index (χ0) is 16.1. The van der Waals surface area contributed by atoms with E-state index in [0.717, 1.165) is 10.0 Å². The minimum absolute atomic E-state index is 0.0248. The van der Waals surface area contributed by atoms with Crippen molar-refractivity contribution in [1.82, 2.24) is 3.97 Å². The summed E-state index contributed by atoms with van der Waals surface area (Å²) < 4.78 is 53.5. The summed E-state index contributed by atoms with van der Waals surface area (Å²) in [6.45, 7) is 1.42. The van der Waals surface area contributed by atoms with Crippen LogP contribution in [0.25, 0.3) is 10.9 Å². The number of hydrogen-bond acceptors (Lipinski definition) is 2. The molecule has 0 saturated carbocycles. The summed E-state index contributed by atoms with van der Waals surface area (Å²) in [6.07, 6.45) is 3.66. The Morgan fingerprint density at radius 2 is 2.00 bits per heavy atom. The number of fused-ring (bicyclic) bond motifs is 1. The SMILES string of the molecule is CC1(S(=O)(=O)n2ccc3cccc(F)c32)C=C(F)C=C(Br)C1. The number of para-hydroxylation sites is 1. The monoisotopic (exact) mass is 387 g/mol. The Balaban J connectivity index is 2.24. The van der Waals surface area contributed by atoms with E-state index >= 15 is 0 Å². The second kappa shape index (κ2) is 5.03. The maximum Gasteiger partial charge on any atom is 0.248 e. The van der Waals surface area contributed by atoms with Gasteiger partial charge >= 0.3 is 0 Å². The molecule has 1 aliphatic carbocycles. The van der Waals surface area contributed by atoms with E-state index in [-0.39, 0.29) is 11.9 Å². The molecule has 1 aromatic heterocycles. The molecule has 22 heavy (non-hydrogen) atoms. The number of hydrogen-bond donors (Lipinski definition) is 0. The van der Waals surface area contributed by atoms with E-state index in [9.17, 15) is 17.2 Å². The normalized spacial score (nSPS) is 22.5. The van der Waals surface area contributed by atoms with Gasteiger partial charge in [-0.05, 0) is 35.7 Å². The molecule has 3 nitrogen and oxygen atoms in total. The van der Waals surface area contributed by atoms with Crippen LogP contribution in [-0.2, 0) is 10.0 Å². The van der Waals surface area contributed by atoms with Crippen molar-refractivity contribution >= 4 is 36.9 Å². The molecule has 0 fully saturated rings. The number of allylic oxidation sites excluding steroid dienone is 3. The Morgan fingerprint density at radius 3 is 2.68 bits per heavy atom. The summed E-state index contributed by atoms with van der Waals surface area (Å²) in [6, 6.07) is 5.85. The first-order chi connectivity index (χ1) is 10.2. The van der Waals surface area contributed by atoms with E-state index in [1.54, 1.807) is 6.07 Å². The third-order valence-corrected chi connectivity index (χ3v) is 6.51. The Morgan fingerprint density at radius 1 is 1.27 bits per heavy atom. The van der Waals surface area contributed by atoms with Gasteiger partial charge in [0.15, 0.2) is 0 Å².